The Balaban J connectivity index is 1.70. The number of hydrogen-bond acceptors (Lipinski definition) is 2. The molecule has 0 spiro atoms. The summed E-state index contributed by atoms with van der Waals surface area (Å²) < 4.78 is 5.48. The Bertz CT molecular complexity index is 396. The molecule has 0 unspecified atom stereocenters. The lowest BCUT2D eigenvalue weighted by atomic mass is 9.97. The van der Waals surface area contributed by atoms with E-state index in [2.05, 4.69) is 18.2 Å². The maximum Gasteiger partial charge on any atom is 0.0719 e. The van der Waals surface area contributed by atoms with Gasteiger partial charge < -0.3 is 10.5 Å². The maximum absolute atomic E-state index is 6.11. The van der Waals surface area contributed by atoms with Gasteiger partial charge in [-0.05, 0) is 48.8 Å². The molecule has 0 radical (unpaired) electrons. The van der Waals surface area contributed by atoms with E-state index >= 15 is 0 Å². The molecule has 0 aromatic heterocycles. The lowest BCUT2D eigenvalue weighted by Gasteiger charge is -2.17. The van der Waals surface area contributed by atoms with Crippen molar-refractivity contribution < 1.29 is 4.74 Å². The van der Waals surface area contributed by atoms with E-state index in [1.54, 1.807) is 0 Å². The third-order valence-corrected chi connectivity index (χ3v) is 3.85. The molecule has 2 heteroatoms. The average Bonchev–Trinajstić information content (AvgIpc) is 3.05. The quantitative estimate of drug-likeness (QED) is 0.842. The molecule has 1 fully saturated rings. The SMILES string of the molecule is NC1(CCc2ccc3c(c2)COCC3)CC1. The van der Waals surface area contributed by atoms with E-state index in [1.165, 1.54) is 29.5 Å². The number of nitrogens with two attached hydrogens (primary N) is 1. The molecular weight excluding hydrogens is 198 g/mol. The molecule has 16 heavy (non-hydrogen) atoms. The largest absolute Gasteiger partial charge is 0.376 e. The van der Waals surface area contributed by atoms with Crippen LogP contribution in [-0.2, 0) is 24.2 Å². The lowest BCUT2D eigenvalue weighted by molar-refractivity contribution is 0.110. The Labute approximate surface area is 96.8 Å². The van der Waals surface area contributed by atoms with Gasteiger partial charge in [0, 0.05) is 5.54 Å². The molecule has 1 saturated carbocycles. The predicted molar refractivity (Wildman–Crippen MR) is 64.3 cm³/mol. The van der Waals surface area contributed by atoms with Gasteiger partial charge in [0.25, 0.3) is 0 Å². The van der Waals surface area contributed by atoms with Gasteiger partial charge in [0.05, 0.1) is 13.2 Å². The molecule has 1 aliphatic heterocycles. The van der Waals surface area contributed by atoms with Crippen LogP contribution in [0.4, 0.5) is 0 Å². The van der Waals surface area contributed by atoms with Crippen LogP contribution >= 0.6 is 0 Å². The van der Waals surface area contributed by atoms with Crippen molar-refractivity contribution in [3.63, 3.8) is 0 Å². The lowest BCUT2D eigenvalue weighted by Crippen LogP contribution is -2.22. The van der Waals surface area contributed by atoms with E-state index in [1.807, 2.05) is 0 Å². The summed E-state index contributed by atoms with van der Waals surface area (Å²) in [5, 5.41) is 0. The number of ether oxygens (including phenoxy) is 1. The summed E-state index contributed by atoms with van der Waals surface area (Å²) >= 11 is 0. The summed E-state index contributed by atoms with van der Waals surface area (Å²) in [6, 6.07) is 6.83. The molecule has 2 N–H and O–H groups in total. The van der Waals surface area contributed by atoms with Crippen LogP contribution in [0.3, 0.4) is 0 Å². The van der Waals surface area contributed by atoms with Crippen LogP contribution < -0.4 is 5.73 Å². The molecule has 86 valence electrons. The second-order valence-corrected chi connectivity index (χ2v) is 5.27. The first-order chi connectivity index (χ1) is 7.75. The van der Waals surface area contributed by atoms with Crippen molar-refractivity contribution in [2.45, 2.75) is 44.2 Å². The fraction of sp³-hybridized carbons (Fsp3) is 0.571. The topological polar surface area (TPSA) is 35.2 Å². The molecule has 1 aliphatic carbocycles. The maximum atomic E-state index is 6.11. The summed E-state index contributed by atoms with van der Waals surface area (Å²) in [5.74, 6) is 0. The van der Waals surface area contributed by atoms with Gasteiger partial charge in [-0.2, -0.15) is 0 Å². The van der Waals surface area contributed by atoms with Gasteiger partial charge in [0.1, 0.15) is 0 Å². The Morgan fingerprint density at radius 2 is 2.12 bits per heavy atom. The molecule has 3 rings (SSSR count). The second kappa shape index (κ2) is 3.86. The van der Waals surface area contributed by atoms with Crippen LogP contribution in [0.1, 0.15) is 36.0 Å². The Morgan fingerprint density at radius 1 is 1.25 bits per heavy atom. The number of benzene rings is 1. The highest BCUT2D eigenvalue weighted by Gasteiger charge is 2.37. The van der Waals surface area contributed by atoms with Gasteiger partial charge in [-0.3, -0.25) is 0 Å². The van der Waals surface area contributed by atoms with Gasteiger partial charge in [-0.1, -0.05) is 18.2 Å². The summed E-state index contributed by atoms with van der Waals surface area (Å²) in [7, 11) is 0. The zero-order valence-corrected chi connectivity index (χ0v) is 9.67. The minimum absolute atomic E-state index is 0.173. The molecule has 0 saturated heterocycles. The third-order valence-electron chi connectivity index (χ3n) is 3.85. The molecule has 0 bridgehead atoms. The monoisotopic (exact) mass is 217 g/mol. The van der Waals surface area contributed by atoms with Crippen LogP contribution in [0.2, 0.25) is 0 Å². The molecule has 1 heterocycles. The van der Waals surface area contributed by atoms with Crippen LogP contribution in [0.5, 0.6) is 0 Å². The summed E-state index contributed by atoms with van der Waals surface area (Å²) in [6.07, 6.45) is 5.73. The van der Waals surface area contributed by atoms with Crippen LogP contribution in [0, 0.1) is 0 Å². The number of hydrogen-bond donors (Lipinski definition) is 1. The van der Waals surface area contributed by atoms with Crippen LogP contribution in [-0.4, -0.2) is 12.1 Å². The summed E-state index contributed by atoms with van der Waals surface area (Å²) in [4.78, 5) is 0. The van der Waals surface area contributed by atoms with Gasteiger partial charge in [-0.15, -0.1) is 0 Å². The molecule has 1 aromatic carbocycles. The number of rotatable bonds is 3. The minimum Gasteiger partial charge on any atom is -0.376 e. The summed E-state index contributed by atoms with van der Waals surface area (Å²) in [6.45, 7) is 1.66. The van der Waals surface area contributed by atoms with E-state index in [-0.39, 0.29) is 5.54 Å². The first-order valence-corrected chi connectivity index (χ1v) is 6.23. The fourth-order valence-electron chi connectivity index (χ4n) is 2.38. The van der Waals surface area contributed by atoms with Gasteiger partial charge >= 0.3 is 0 Å². The van der Waals surface area contributed by atoms with Gasteiger partial charge in [0.2, 0.25) is 0 Å². The van der Waals surface area contributed by atoms with Crippen molar-refractivity contribution in [2.24, 2.45) is 5.73 Å². The first-order valence-electron chi connectivity index (χ1n) is 6.23. The molecular formula is C14H19NO. The van der Waals surface area contributed by atoms with E-state index in [0.29, 0.717) is 0 Å². The van der Waals surface area contributed by atoms with Crippen molar-refractivity contribution in [2.75, 3.05) is 6.61 Å². The van der Waals surface area contributed by atoms with E-state index < -0.39 is 0 Å². The smallest absolute Gasteiger partial charge is 0.0719 e. The zero-order valence-electron chi connectivity index (χ0n) is 9.67. The second-order valence-electron chi connectivity index (χ2n) is 5.27. The van der Waals surface area contributed by atoms with Crippen LogP contribution in [0.15, 0.2) is 18.2 Å². The molecule has 0 atom stereocenters. The number of fused-ring (bicyclic) bond motifs is 1. The first kappa shape index (κ1) is 10.3. The predicted octanol–water partition coefficient (Wildman–Crippen LogP) is 2.18. The minimum atomic E-state index is 0.173. The molecule has 2 aliphatic rings. The Hall–Kier alpha value is -0.860. The normalized spacial score (nSPS) is 21.6. The standard InChI is InChI=1S/C14H19NO/c15-14(6-7-14)5-3-11-1-2-12-4-8-16-10-13(12)9-11/h1-2,9H,3-8,10,15H2. The molecule has 0 amide bonds. The van der Waals surface area contributed by atoms with E-state index in [4.69, 9.17) is 10.5 Å². The highest BCUT2D eigenvalue weighted by atomic mass is 16.5. The fourth-order valence-corrected chi connectivity index (χ4v) is 2.38. The average molecular weight is 217 g/mol. The van der Waals surface area contributed by atoms with E-state index in [0.717, 1.165) is 32.5 Å². The molecule has 2 nitrogen and oxygen atoms in total. The Morgan fingerprint density at radius 3 is 2.94 bits per heavy atom. The van der Waals surface area contributed by atoms with Crippen molar-refractivity contribution in [3.05, 3.63) is 34.9 Å². The third kappa shape index (κ3) is 2.13. The van der Waals surface area contributed by atoms with Gasteiger partial charge in [-0.25, -0.2) is 0 Å². The highest BCUT2D eigenvalue weighted by Crippen LogP contribution is 2.36. The Kier molecular flexibility index (Phi) is 2.49. The zero-order chi connectivity index (χ0) is 11.0. The number of aryl methyl sites for hydroxylation is 1. The highest BCUT2D eigenvalue weighted by molar-refractivity contribution is 5.33. The van der Waals surface area contributed by atoms with Crippen LogP contribution in [0.25, 0.3) is 0 Å². The van der Waals surface area contributed by atoms with Crippen molar-refractivity contribution in [1.29, 1.82) is 0 Å². The summed E-state index contributed by atoms with van der Waals surface area (Å²) in [5.41, 5.74) is 10.5. The van der Waals surface area contributed by atoms with Crippen molar-refractivity contribution >= 4 is 0 Å². The van der Waals surface area contributed by atoms with Crippen molar-refractivity contribution in [1.82, 2.24) is 0 Å². The van der Waals surface area contributed by atoms with Crippen molar-refractivity contribution in [3.8, 4) is 0 Å². The van der Waals surface area contributed by atoms with E-state index in [9.17, 15) is 0 Å². The molecule has 1 aromatic rings. The van der Waals surface area contributed by atoms with Gasteiger partial charge in [0.15, 0.2) is 0 Å².